The zero-order valence-electron chi connectivity index (χ0n) is 9.50. The van der Waals surface area contributed by atoms with Gasteiger partial charge in [-0.25, -0.2) is 4.98 Å². The first-order valence-electron chi connectivity index (χ1n) is 5.86. The first kappa shape index (κ1) is 13.6. The van der Waals surface area contributed by atoms with Crippen LogP contribution in [-0.2, 0) is 0 Å². The van der Waals surface area contributed by atoms with E-state index in [1.54, 1.807) is 0 Å². The zero-order valence-corrected chi connectivity index (χ0v) is 13.4. The predicted octanol–water partition coefficient (Wildman–Crippen LogP) is 4.64. The first-order valence-corrected chi connectivity index (χ1v) is 8.15. The lowest BCUT2D eigenvalue weighted by Gasteiger charge is -2.30. The summed E-state index contributed by atoms with van der Waals surface area (Å²) in [6.07, 6.45) is 6.95. The van der Waals surface area contributed by atoms with Crippen molar-refractivity contribution in [2.75, 3.05) is 16.8 Å². The summed E-state index contributed by atoms with van der Waals surface area (Å²) in [5, 5.41) is 1.67. The van der Waals surface area contributed by atoms with Crippen LogP contribution in [0.15, 0.2) is 16.7 Å². The number of hydrogen-bond donors (Lipinski definition) is 0. The summed E-state index contributed by atoms with van der Waals surface area (Å²) < 4.78 is 0.927. The van der Waals surface area contributed by atoms with Crippen molar-refractivity contribution in [2.24, 2.45) is 0 Å². The molecule has 5 heteroatoms. The maximum Gasteiger partial charge on any atom is 0.147 e. The van der Waals surface area contributed by atoms with Gasteiger partial charge in [-0.1, -0.05) is 40.4 Å². The minimum absolute atomic E-state index is 0.596. The SMILES string of the molecule is Clc1cc(Br)cnc1N(CCBr)C1CCCC1. The largest absolute Gasteiger partial charge is 0.352 e. The van der Waals surface area contributed by atoms with Crippen LogP contribution in [-0.4, -0.2) is 22.9 Å². The predicted molar refractivity (Wildman–Crippen MR) is 80.3 cm³/mol. The quantitative estimate of drug-likeness (QED) is 0.705. The Hall–Kier alpha value is 0.200. The van der Waals surface area contributed by atoms with E-state index in [9.17, 15) is 0 Å². The van der Waals surface area contributed by atoms with Crippen molar-refractivity contribution in [2.45, 2.75) is 31.7 Å². The molecule has 1 aromatic heterocycles. The summed E-state index contributed by atoms with van der Waals surface area (Å²) in [6, 6.07) is 2.51. The van der Waals surface area contributed by atoms with Crippen LogP contribution in [0.25, 0.3) is 0 Å². The average Bonchev–Trinajstić information content (AvgIpc) is 2.80. The van der Waals surface area contributed by atoms with Gasteiger partial charge in [0, 0.05) is 28.6 Å². The molecule has 1 aromatic rings. The van der Waals surface area contributed by atoms with Gasteiger partial charge in [-0.05, 0) is 34.8 Å². The number of rotatable bonds is 4. The Morgan fingerprint density at radius 1 is 1.41 bits per heavy atom. The molecular formula is C12H15Br2ClN2. The molecule has 0 N–H and O–H groups in total. The molecule has 94 valence electrons. The van der Waals surface area contributed by atoms with Gasteiger partial charge < -0.3 is 4.90 Å². The maximum absolute atomic E-state index is 6.29. The van der Waals surface area contributed by atoms with Crippen molar-refractivity contribution in [1.29, 1.82) is 0 Å². The van der Waals surface area contributed by atoms with Gasteiger partial charge in [0.1, 0.15) is 5.82 Å². The van der Waals surface area contributed by atoms with E-state index in [-0.39, 0.29) is 0 Å². The van der Waals surface area contributed by atoms with Crippen LogP contribution in [0.2, 0.25) is 5.02 Å². The molecular weight excluding hydrogens is 367 g/mol. The van der Waals surface area contributed by atoms with Gasteiger partial charge in [0.15, 0.2) is 0 Å². The van der Waals surface area contributed by atoms with Crippen LogP contribution in [0.1, 0.15) is 25.7 Å². The van der Waals surface area contributed by atoms with Crippen LogP contribution in [0.4, 0.5) is 5.82 Å². The standard InChI is InChI=1S/C12H15Br2ClN2/c13-5-6-17(10-3-1-2-4-10)12-11(15)7-9(14)8-16-12/h7-8,10H,1-6H2. The van der Waals surface area contributed by atoms with E-state index in [0.717, 1.165) is 27.2 Å². The van der Waals surface area contributed by atoms with Crippen molar-refractivity contribution >= 4 is 49.3 Å². The second-order valence-corrected chi connectivity index (χ2v) is 6.40. The Morgan fingerprint density at radius 3 is 2.71 bits per heavy atom. The molecule has 2 nitrogen and oxygen atoms in total. The fraction of sp³-hybridized carbons (Fsp3) is 0.583. The zero-order chi connectivity index (χ0) is 12.3. The molecule has 0 aliphatic heterocycles. The van der Waals surface area contributed by atoms with E-state index in [1.807, 2.05) is 12.3 Å². The molecule has 1 fully saturated rings. The van der Waals surface area contributed by atoms with Gasteiger partial charge >= 0.3 is 0 Å². The Morgan fingerprint density at radius 2 is 2.12 bits per heavy atom. The lowest BCUT2D eigenvalue weighted by Crippen LogP contribution is -2.35. The van der Waals surface area contributed by atoms with Crippen molar-refractivity contribution < 1.29 is 0 Å². The number of pyridine rings is 1. The minimum atomic E-state index is 0.596. The Kier molecular flexibility index (Phi) is 5.12. The summed E-state index contributed by atoms with van der Waals surface area (Å²) >= 11 is 13.2. The highest BCUT2D eigenvalue weighted by molar-refractivity contribution is 9.10. The van der Waals surface area contributed by atoms with E-state index in [2.05, 4.69) is 41.7 Å². The lowest BCUT2D eigenvalue weighted by atomic mass is 10.2. The third-order valence-electron chi connectivity index (χ3n) is 3.15. The van der Waals surface area contributed by atoms with Crippen molar-refractivity contribution in [3.63, 3.8) is 0 Å². The first-order chi connectivity index (χ1) is 8.22. The summed E-state index contributed by atoms with van der Waals surface area (Å²) in [4.78, 5) is 6.81. The van der Waals surface area contributed by atoms with Gasteiger partial charge in [-0.3, -0.25) is 0 Å². The van der Waals surface area contributed by atoms with Crippen LogP contribution >= 0.6 is 43.5 Å². The molecule has 0 amide bonds. The molecule has 17 heavy (non-hydrogen) atoms. The van der Waals surface area contributed by atoms with E-state index < -0.39 is 0 Å². The van der Waals surface area contributed by atoms with Gasteiger partial charge in [0.2, 0.25) is 0 Å². The number of aromatic nitrogens is 1. The monoisotopic (exact) mass is 380 g/mol. The van der Waals surface area contributed by atoms with Crippen molar-refractivity contribution in [3.8, 4) is 0 Å². The highest BCUT2D eigenvalue weighted by Crippen LogP contribution is 2.32. The Bertz CT molecular complexity index is 381. The van der Waals surface area contributed by atoms with Crippen molar-refractivity contribution in [1.82, 2.24) is 4.98 Å². The Balaban J connectivity index is 2.24. The molecule has 1 aliphatic carbocycles. The minimum Gasteiger partial charge on any atom is -0.352 e. The molecule has 0 atom stereocenters. The fourth-order valence-electron chi connectivity index (χ4n) is 2.39. The molecule has 1 aliphatic rings. The van der Waals surface area contributed by atoms with Gasteiger partial charge in [-0.15, -0.1) is 0 Å². The Labute approximate surface area is 124 Å². The number of anilines is 1. The molecule has 1 heterocycles. The van der Waals surface area contributed by atoms with Gasteiger partial charge in [0.05, 0.1) is 5.02 Å². The number of halogens is 3. The molecule has 0 bridgehead atoms. The third-order valence-corrected chi connectivity index (χ3v) is 4.22. The third kappa shape index (κ3) is 3.36. The number of nitrogens with zero attached hydrogens (tertiary/aromatic N) is 2. The number of hydrogen-bond acceptors (Lipinski definition) is 2. The highest BCUT2D eigenvalue weighted by atomic mass is 79.9. The molecule has 0 aromatic carbocycles. The lowest BCUT2D eigenvalue weighted by molar-refractivity contribution is 0.616. The average molecular weight is 383 g/mol. The maximum atomic E-state index is 6.29. The van der Waals surface area contributed by atoms with E-state index >= 15 is 0 Å². The molecule has 0 spiro atoms. The van der Waals surface area contributed by atoms with Crippen LogP contribution in [0, 0.1) is 0 Å². The van der Waals surface area contributed by atoms with Crippen LogP contribution in [0.3, 0.4) is 0 Å². The van der Waals surface area contributed by atoms with Crippen molar-refractivity contribution in [3.05, 3.63) is 21.8 Å². The molecule has 1 saturated carbocycles. The molecule has 0 saturated heterocycles. The second kappa shape index (κ2) is 6.39. The molecule has 2 rings (SSSR count). The van der Waals surface area contributed by atoms with Crippen LogP contribution < -0.4 is 4.90 Å². The number of alkyl halides is 1. The van der Waals surface area contributed by atoms with E-state index in [1.165, 1.54) is 25.7 Å². The summed E-state index contributed by atoms with van der Waals surface area (Å²) in [7, 11) is 0. The fourth-order valence-corrected chi connectivity index (χ4v) is 3.51. The highest BCUT2D eigenvalue weighted by Gasteiger charge is 2.24. The van der Waals surface area contributed by atoms with E-state index in [4.69, 9.17) is 11.6 Å². The molecule has 0 radical (unpaired) electrons. The topological polar surface area (TPSA) is 16.1 Å². The molecule has 0 unspecified atom stereocenters. The second-order valence-electron chi connectivity index (χ2n) is 4.28. The summed E-state index contributed by atoms with van der Waals surface area (Å²) in [5.74, 6) is 0.918. The summed E-state index contributed by atoms with van der Waals surface area (Å²) in [6.45, 7) is 0.957. The van der Waals surface area contributed by atoms with Gasteiger partial charge in [0.25, 0.3) is 0 Å². The van der Waals surface area contributed by atoms with Gasteiger partial charge in [-0.2, -0.15) is 0 Å². The summed E-state index contributed by atoms with van der Waals surface area (Å²) in [5.41, 5.74) is 0. The smallest absolute Gasteiger partial charge is 0.147 e. The normalized spacial score (nSPS) is 16.4. The van der Waals surface area contributed by atoms with E-state index in [0.29, 0.717) is 6.04 Å². The van der Waals surface area contributed by atoms with Crippen LogP contribution in [0.5, 0.6) is 0 Å².